The summed E-state index contributed by atoms with van der Waals surface area (Å²) in [4.78, 5) is 23.6. The molecule has 0 atom stereocenters. The topological polar surface area (TPSA) is 79.8 Å². The molecule has 22 heavy (non-hydrogen) atoms. The quantitative estimate of drug-likeness (QED) is 0.759. The molecule has 0 aliphatic rings. The molecule has 0 spiro atoms. The predicted molar refractivity (Wildman–Crippen MR) is 88.6 cm³/mol. The Kier molecular flexibility index (Phi) is 6.09. The molecule has 0 aliphatic carbocycles. The van der Waals surface area contributed by atoms with Crippen LogP contribution in [-0.4, -0.2) is 26.4 Å². The zero-order chi connectivity index (χ0) is 15.9. The second-order valence-electron chi connectivity index (χ2n) is 4.63. The van der Waals surface area contributed by atoms with Gasteiger partial charge in [0.2, 0.25) is 5.91 Å². The van der Waals surface area contributed by atoms with Crippen molar-refractivity contribution in [1.82, 2.24) is 14.8 Å². The molecular weight excluding hydrogens is 324 g/mol. The predicted octanol–water partition coefficient (Wildman–Crippen LogP) is 2.76. The lowest BCUT2D eigenvalue weighted by Crippen LogP contribution is -2.19. The third kappa shape index (κ3) is 4.38. The number of unbranched alkanes of at least 4 members (excludes halogenated alkanes) is 1. The van der Waals surface area contributed by atoms with Gasteiger partial charge in [-0.05, 0) is 18.6 Å². The number of aromatic nitrogens is 3. The molecule has 6 nitrogen and oxygen atoms in total. The molecular formula is C14H17ClN4O2S. The largest absolute Gasteiger partial charge is 0.343 e. The molecule has 1 aromatic carbocycles. The third-order valence-electron chi connectivity index (χ3n) is 2.94. The minimum atomic E-state index is -0.248. The number of halogens is 1. The van der Waals surface area contributed by atoms with Gasteiger partial charge >= 0.3 is 5.69 Å². The highest BCUT2D eigenvalue weighted by molar-refractivity contribution is 7.99. The van der Waals surface area contributed by atoms with E-state index in [0.29, 0.717) is 22.4 Å². The van der Waals surface area contributed by atoms with Crippen LogP contribution in [0.1, 0.15) is 19.8 Å². The minimum Gasteiger partial charge on any atom is -0.324 e. The van der Waals surface area contributed by atoms with Crippen LogP contribution in [0.3, 0.4) is 0 Å². The molecule has 1 aromatic heterocycles. The number of benzene rings is 1. The van der Waals surface area contributed by atoms with E-state index in [1.54, 1.807) is 28.8 Å². The molecule has 1 amide bonds. The molecule has 0 radical (unpaired) electrons. The second-order valence-corrected chi connectivity index (χ2v) is 5.98. The van der Waals surface area contributed by atoms with Gasteiger partial charge in [-0.2, -0.15) is 0 Å². The van der Waals surface area contributed by atoms with Gasteiger partial charge in [-0.25, -0.2) is 9.89 Å². The van der Waals surface area contributed by atoms with E-state index in [9.17, 15) is 9.59 Å². The summed E-state index contributed by atoms with van der Waals surface area (Å²) in [6.07, 6.45) is 1.87. The lowest BCUT2D eigenvalue weighted by molar-refractivity contribution is -0.113. The van der Waals surface area contributed by atoms with Crippen molar-refractivity contribution < 1.29 is 4.79 Å². The maximum atomic E-state index is 12.0. The molecule has 2 rings (SSSR count). The molecule has 1 heterocycles. The van der Waals surface area contributed by atoms with Crippen molar-refractivity contribution in [1.29, 1.82) is 0 Å². The van der Waals surface area contributed by atoms with Crippen LogP contribution in [0.15, 0.2) is 34.2 Å². The number of rotatable bonds is 7. The van der Waals surface area contributed by atoms with Crippen molar-refractivity contribution in [3.05, 3.63) is 39.8 Å². The highest BCUT2D eigenvalue weighted by atomic mass is 35.5. The van der Waals surface area contributed by atoms with E-state index in [0.717, 1.165) is 12.8 Å². The number of amides is 1. The smallest absolute Gasteiger partial charge is 0.324 e. The van der Waals surface area contributed by atoms with Gasteiger partial charge in [-0.1, -0.05) is 48.8 Å². The maximum absolute atomic E-state index is 12.0. The Morgan fingerprint density at radius 1 is 1.45 bits per heavy atom. The molecule has 2 N–H and O–H groups in total. The SMILES string of the molecule is CCCCn1c(SCC(=O)Nc2ccccc2Cl)n[nH]c1=O. The zero-order valence-electron chi connectivity index (χ0n) is 12.1. The van der Waals surface area contributed by atoms with Crippen LogP contribution in [0.4, 0.5) is 5.69 Å². The number of hydrogen-bond donors (Lipinski definition) is 2. The lowest BCUT2D eigenvalue weighted by Gasteiger charge is -2.07. The Bertz CT molecular complexity index is 698. The first-order valence-corrected chi connectivity index (χ1v) is 8.30. The Labute approximate surface area is 137 Å². The van der Waals surface area contributed by atoms with Crippen LogP contribution in [0.2, 0.25) is 5.02 Å². The van der Waals surface area contributed by atoms with Crippen molar-refractivity contribution in [3.8, 4) is 0 Å². The highest BCUT2D eigenvalue weighted by Gasteiger charge is 2.11. The molecule has 2 aromatic rings. The Hall–Kier alpha value is -1.73. The fourth-order valence-corrected chi connectivity index (χ4v) is 2.76. The van der Waals surface area contributed by atoms with E-state index < -0.39 is 0 Å². The standard InChI is InChI=1S/C14H17ClN4O2S/c1-2-3-8-19-13(21)17-18-14(19)22-9-12(20)16-11-7-5-4-6-10(11)15/h4-7H,2-3,8-9H2,1H3,(H,16,20)(H,17,21). The first kappa shape index (κ1) is 16.6. The number of para-hydroxylation sites is 1. The first-order valence-electron chi connectivity index (χ1n) is 6.94. The maximum Gasteiger partial charge on any atom is 0.343 e. The number of nitrogens with one attached hydrogen (secondary N) is 2. The molecule has 8 heteroatoms. The summed E-state index contributed by atoms with van der Waals surface area (Å²) in [5, 5.41) is 10.1. The summed E-state index contributed by atoms with van der Waals surface area (Å²) in [5.74, 6) is -0.0441. The highest BCUT2D eigenvalue weighted by Crippen LogP contribution is 2.21. The van der Waals surface area contributed by atoms with Crippen molar-refractivity contribution in [2.24, 2.45) is 0 Å². The lowest BCUT2D eigenvalue weighted by atomic mass is 10.3. The number of carbonyl (C=O) groups excluding carboxylic acids is 1. The van der Waals surface area contributed by atoms with Gasteiger partial charge in [-0.3, -0.25) is 9.36 Å². The van der Waals surface area contributed by atoms with E-state index in [1.165, 1.54) is 11.8 Å². The number of anilines is 1. The van der Waals surface area contributed by atoms with Crippen LogP contribution >= 0.6 is 23.4 Å². The van der Waals surface area contributed by atoms with Gasteiger partial charge in [0.25, 0.3) is 0 Å². The average Bonchev–Trinajstić information content (AvgIpc) is 2.86. The van der Waals surface area contributed by atoms with E-state index in [4.69, 9.17) is 11.6 Å². The molecule has 0 bridgehead atoms. The zero-order valence-corrected chi connectivity index (χ0v) is 13.7. The molecule has 118 valence electrons. The van der Waals surface area contributed by atoms with Crippen LogP contribution in [0.25, 0.3) is 0 Å². The van der Waals surface area contributed by atoms with Crippen LogP contribution in [-0.2, 0) is 11.3 Å². The van der Waals surface area contributed by atoms with E-state index in [-0.39, 0.29) is 17.3 Å². The number of nitrogens with zero attached hydrogens (tertiary/aromatic N) is 2. The van der Waals surface area contributed by atoms with Crippen molar-refractivity contribution in [3.63, 3.8) is 0 Å². The Balaban J connectivity index is 1.94. The van der Waals surface area contributed by atoms with Crippen LogP contribution < -0.4 is 11.0 Å². The van der Waals surface area contributed by atoms with Gasteiger partial charge < -0.3 is 5.32 Å². The summed E-state index contributed by atoms with van der Waals surface area (Å²) < 4.78 is 1.55. The van der Waals surface area contributed by atoms with Crippen molar-refractivity contribution >= 4 is 35.0 Å². The second kappa shape index (κ2) is 8.05. The fourth-order valence-electron chi connectivity index (χ4n) is 1.81. The average molecular weight is 341 g/mol. The molecule has 0 saturated carbocycles. The number of hydrogen-bond acceptors (Lipinski definition) is 4. The molecule has 0 fully saturated rings. The summed E-state index contributed by atoms with van der Waals surface area (Å²) in [7, 11) is 0. The third-order valence-corrected chi connectivity index (χ3v) is 4.24. The number of H-pyrrole nitrogens is 1. The summed E-state index contributed by atoms with van der Waals surface area (Å²) in [6.45, 7) is 2.65. The van der Waals surface area contributed by atoms with Crippen molar-refractivity contribution in [2.75, 3.05) is 11.1 Å². The minimum absolute atomic E-state index is 0.154. The Morgan fingerprint density at radius 3 is 2.95 bits per heavy atom. The van der Waals surface area contributed by atoms with Gasteiger partial charge in [0.1, 0.15) is 0 Å². The number of carbonyl (C=O) groups is 1. The van der Waals surface area contributed by atoms with E-state index >= 15 is 0 Å². The summed E-state index contributed by atoms with van der Waals surface area (Å²) in [6, 6.07) is 7.03. The van der Waals surface area contributed by atoms with E-state index in [1.807, 2.05) is 0 Å². The van der Waals surface area contributed by atoms with Gasteiger partial charge in [0.05, 0.1) is 16.5 Å². The number of aromatic amines is 1. The fraction of sp³-hybridized carbons (Fsp3) is 0.357. The van der Waals surface area contributed by atoms with E-state index in [2.05, 4.69) is 22.4 Å². The monoisotopic (exact) mass is 340 g/mol. The van der Waals surface area contributed by atoms with Gasteiger partial charge in [0, 0.05) is 6.54 Å². The van der Waals surface area contributed by atoms with Crippen molar-refractivity contribution in [2.45, 2.75) is 31.5 Å². The summed E-state index contributed by atoms with van der Waals surface area (Å²) >= 11 is 7.20. The molecule has 0 saturated heterocycles. The van der Waals surface area contributed by atoms with Crippen LogP contribution in [0, 0.1) is 0 Å². The normalized spacial score (nSPS) is 10.6. The number of thioether (sulfide) groups is 1. The Morgan fingerprint density at radius 2 is 2.23 bits per heavy atom. The van der Waals surface area contributed by atoms with Gasteiger partial charge in [0.15, 0.2) is 5.16 Å². The molecule has 0 aliphatic heterocycles. The summed E-state index contributed by atoms with van der Waals surface area (Å²) in [5.41, 5.74) is 0.322. The first-order chi connectivity index (χ1) is 10.6. The molecule has 0 unspecified atom stereocenters. The van der Waals surface area contributed by atoms with Gasteiger partial charge in [-0.15, -0.1) is 5.10 Å². The van der Waals surface area contributed by atoms with Crippen LogP contribution in [0.5, 0.6) is 0 Å².